The number of aliphatic carboxylic acids is 1. The molecule has 188 valence electrons. The molecule has 2 aromatic carbocycles. The number of H-pyrrole nitrogens is 1. The smallest absolute Gasteiger partial charge is 0.409 e. The molecule has 0 radical (unpaired) electrons. The molecule has 0 atom stereocenters. The van der Waals surface area contributed by atoms with Crippen molar-refractivity contribution in [3.05, 3.63) is 76.3 Å². The van der Waals surface area contributed by atoms with Gasteiger partial charge in [0.1, 0.15) is 13.2 Å². The lowest BCUT2D eigenvalue weighted by Crippen LogP contribution is -2.49. The normalized spacial score (nSPS) is 15.0. The van der Waals surface area contributed by atoms with Crippen LogP contribution in [0.5, 0.6) is 0 Å². The molecular formula is C26H24N6O5. The van der Waals surface area contributed by atoms with Crippen LogP contribution in [0.25, 0.3) is 22.3 Å². The molecular weight excluding hydrogens is 476 g/mol. The van der Waals surface area contributed by atoms with Crippen LogP contribution in [0.4, 0.5) is 10.7 Å². The highest BCUT2D eigenvalue weighted by molar-refractivity contribution is 5.79. The average molecular weight is 501 g/mol. The summed E-state index contributed by atoms with van der Waals surface area (Å²) in [7, 11) is 0. The Labute approximate surface area is 210 Å². The second-order valence-corrected chi connectivity index (χ2v) is 9.11. The zero-order chi connectivity index (χ0) is 25.5. The van der Waals surface area contributed by atoms with Crippen molar-refractivity contribution in [2.45, 2.75) is 12.5 Å². The summed E-state index contributed by atoms with van der Waals surface area (Å²) < 4.78 is 7.02. The average Bonchev–Trinajstić information content (AvgIpc) is 3.46. The maximum Gasteiger partial charge on any atom is 0.409 e. The third-order valence-electron chi connectivity index (χ3n) is 6.95. The molecule has 2 aliphatic rings. The number of amides is 1. The first-order chi connectivity index (χ1) is 18.0. The number of rotatable bonds is 5. The Hall–Kier alpha value is -4.67. The maximum absolute atomic E-state index is 12.9. The van der Waals surface area contributed by atoms with Crippen molar-refractivity contribution < 1.29 is 19.4 Å². The van der Waals surface area contributed by atoms with Crippen molar-refractivity contribution in [2.24, 2.45) is 0 Å². The molecule has 3 heterocycles. The van der Waals surface area contributed by atoms with Gasteiger partial charge in [0.15, 0.2) is 11.2 Å². The minimum Gasteiger partial charge on any atom is -0.480 e. The van der Waals surface area contributed by atoms with Gasteiger partial charge in [-0.15, -0.1) is 0 Å². The van der Waals surface area contributed by atoms with Gasteiger partial charge in [-0.2, -0.15) is 4.98 Å². The fourth-order valence-corrected chi connectivity index (χ4v) is 5.18. The molecule has 1 amide bonds. The Bertz CT molecular complexity index is 1520. The Morgan fingerprint density at radius 2 is 1.65 bits per heavy atom. The molecule has 1 fully saturated rings. The van der Waals surface area contributed by atoms with Crippen LogP contribution in [0.2, 0.25) is 0 Å². The maximum atomic E-state index is 12.9. The number of anilines is 1. The Morgan fingerprint density at radius 1 is 1.00 bits per heavy atom. The lowest BCUT2D eigenvalue weighted by Gasteiger charge is -2.34. The van der Waals surface area contributed by atoms with E-state index in [1.54, 1.807) is 4.90 Å². The second-order valence-electron chi connectivity index (χ2n) is 9.11. The van der Waals surface area contributed by atoms with Crippen molar-refractivity contribution >= 4 is 29.2 Å². The molecule has 2 N–H and O–H groups in total. The predicted molar refractivity (Wildman–Crippen MR) is 135 cm³/mol. The standard InChI is InChI=1S/C26H24N6O5/c33-21(34)13-32-15-27-23-22(32)24(35)29-25(28-23)30-9-11-31(12-10-30)26(36)37-14-20-18-7-3-1-5-16(18)17-6-2-4-8-19(17)20/h1-8,15,20H,9-14H2,(H,33,34)(H,28,29,35). The summed E-state index contributed by atoms with van der Waals surface area (Å²) in [6, 6.07) is 16.4. The number of benzene rings is 2. The Balaban J connectivity index is 1.10. The van der Waals surface area contributed by atoms with Gasteiger partial charge in [0, 0.05) is 32.1 Å². The summed E-state index contributed by atoms with van der Waals surface area (Å²) in [6.45, 7) is 1.61. The lowest BCUT2D eigenvalue weighted by atomic mass is 9.98. The Morgan fingerprint density at radius 3 is 2.30 bits per heavy atom. The van der Waals surface area contributed by atoms with Crippen LogP contribution in [0.15, 0.2) is 59.7 Å². The number of aromatic amines is 1. The topological polar surface area (TPSA) is 134 Å². The third-order valence-corrected chi connectivity index (χ3v) is 6.95. The van der Waals surface area contributed by atoms with Crippen LogP contribution >= 0.6 is 0 Å². The molecule has 1 aliphatic heterocycles. The van der Waals surface area contributed by atoms with Gasteiger partial charge in [0.25, 0.3) is 5.56 Å². The summed E-state index contributed by atoms with van der Waals surface area (Å²) in [4.78, 5) is 51.2. The minimum atomic E-state index is -1.08. The number of nitrogens with zero attached hydrogens (tertiary/aromatic N) is 5. The van der Waals surface area contributed by atoms with Gasteiger partial charge in [0.05, 0.1) is 6.33 Å². The van der Waals surface area contributed by atoms with Crippen LogP contribution in [0.3, 0.4) is 0 Å². The van der Waals surface area contributed by atoms with E-state index in [1.165, 1.54) is 22.0 Å². The molecule has 1 saturated heterocycles. The molecule has 1 aliphatic carbocycles. The number of fused-ring (bicyclic) bond motifs is 4. The monoisotopic (exact) mass is 500 g/mol. The number of ether oxygens (including phenoxy) is 1. The highest BCUT2D eigenvalue weighted by atomic mass is 16.6. The number of hydrogen-bond donors (Lipinski definition) is 2. The van der Waals surface area contributed by atoms with Gasteiger partial charge in [-0.1, -0.05) is 48.5 Å². The van der Waals surface area contributed by atoms with E-state index >= 15 is 0 Å². The molecule has 6 rings (SSSR count). The van der Waals surface area contributed by atoms with Crippen LogP contribution < -0.4 is 10.5 Å². The summed E-state index contributed by atoms with van der Waals surface area (Å²) >= 11 is 0. The number of carboxylic acid groups (broad SMARTS) is 1. The van der Waals surface area contributed by atoms with E-state index < -0.39 is 11.5 Å². The molecule has 4 aromatic rings. The van der Waals surface area contributed by atoms with Crippen molar-refractivity contribution in [1.82, 2.24) is 24.4 Å². The number of imidazole rings is 1. The highest BCUT2D eigenvalue weighted by Gasteiger charge is 2.30. The van der Waals surface area contributed by atoms with E-state index in [-0.39, 0.29) is 36.3 Å². The molecule has 0 saturated carbocycles. The van der Waals surface area contributed by atoms with E-state index in [0.717, 1.165) is 11.1 Å². The zero-order valence-corrected chi connectivity index (χ0v) is 19.8. The van der Waals surface area contributed by atoms with E-state index in [1.807, 2.05) is 29.2 Å². The van der Waals surface area contributed by atoms with Gasteiger partial charge >= 0.3 is 12.1 Å². The van der Waals surface area contributed by atoms with E-state index in [0.29, 0.717) is 32.1 Å². The lowest BCUT2D eigenvalue weighted by molar-refractivity contribution is -0.137. The van der Waals surface area contributed by atoms with Crippen LogP contribution in [0, 0.1) is 0 Å². The van der Waals surface area contributed by atoms with Gasteiger partial charge in [-0.05, 0) is 22.3 Å². The van der Waals surface area contributed by atoms with Gasteiger partial charge in [-0.25, -0.2) is 9.78 Å². The number of piperazine rings is 1. The van der Waals surface area contributed by atoms with Crippen molar-refractivity contribution in [1.29, 1.82) is 0 Å². The van der Waals surface area contributed by atoms with Crippen molar-refractivity contribution in [3.63, 3.8) is 0 Å². The molecule has 0 bridgehead atoms. The van der Waals surface area contributed by atoms with Crippen LogP contribution in [-0.4, -0.2) is 74.4 Å². The summed E-state index contributed by atoms with van der Waals surface area (Å²) in [5.41, 5.74) is 4.52. The largest absolute Gasteiger partial charge is 0.480 e. The predicted octanol–water partition coefficient (Wildman–Crippen LogP) is 2.28. The van der Waals surface area contributed by atoms with Crippen LogP contribution in [-0.2, 0) is 16.1 Å². The highest BCUT2D eigenvalue weighted by Crippen LogP contribution is 2.44. The van der Waals surface area contributed by atoms with Gasteiger partial charge < -0.3 is 24.2 Å². The molecule has 0 spiro atoms. The number of carbonyl (C=O) groups excluding carboxylic acids is 1. The SMILES string of the molecule is O=C(O)Cn1cnc2nc(N3CCN(C(=O)OCC4c5ccccc5-c5ccccc54)CC3)[nH]c(=O)c21. The summed E-state index contributed by atoms with van der Waals surface area (Å²) in [5, 5.41) is 9.02. The number of carbonyl (C=O) groups is 2. The van der Waals surface area contributed by atoms with Crippen LogP contribution in [0.1, 0.15) is 17.0 Å². The van der Waals surface area contributed by atoms with E-state index in [2.05, 4.69) is 39.2 Å². The quantitative estimate of drug-likeness (QED) is 0.426. The van der Waals surface area contributed by atoms with E-state index in [4.69, 9.17) is 9.84 Å². The van der Waals surface area contributed by atoms with Gasteiger partial charge in [-0.3, -0.25) is 14.6 Å². The first kappa shape index (κ1) is 22.8. The molecule has 37 heavy (non-hydrogen) atoms. The summed E-state index contributed by atoms with van der Waals surface area (Å²) in [5.74, 6) is -0.739. The zero-order valence-electron chi connectivity index (χ0n) is 19.8. The van der Waals surface area contributed by atoms with E-state index in [9.17, 15) is 14.4 Å². The third kappa shape index (κ3) is 4.07. The number of hydrogen-bond acceptors (Lipinski definition) is 7. The van der Waals surface area contributed by atoms with Gasteiger partial charge in [0.2, 0.25) is 5.95 Å². The number of nitrogens with one attached hydrogen (secondary N) is 1. The fourth-order valence-electron chi connectivity index (χ4n) is 5.18. The molecule has 11 heteroatoms. The molecule has 0 unspecified atom stereocenters. The fraction of sp³-hybridized carbons (Fsp3) is 0.269. The molecule has 11 nitrogen and oxygen atoms in total. The molecule has 2 aromatic heterocycles. The second kappa shape index (κ2) is 9.08. The number of carboxylic acids is 1. The van der Waals surface area contributed by atoms with Crippen molar-refractivity contribution in [3.8, 4) is 11.1 Å². The Kier molecular flexibility index (Phi) is 5.59. The summed E-state index contributed by atoms with van der Waals surface area (Å²) in [6.07, 6.45) is 0.922. The number of aromatic nitrogens is 4. The minimum absolute atomic E-state index is 0.000393. The first-order valence-electron chi connectivity index (χ1n) is 12.0. The van der Waals surface area contributed by atoms with Crippen molar-refractivity contribution in [2.75, 3.05) is 37.7 Å². The first-order valence-corrected chi connectivity index (χ1v) is 12.0.